The van der Waals surface area contributed by atoms with Crippen LogP contribution in [-0.4, -0.2) is 11.8 Å². The van der Waals surface area contributed by atoms with Crippen LogP contribution >= 0.6 is 0 Å². The third kappa shape index (κ3) is 2.95. The second-order valence-electron chi connectivity index (χ2n) is 5.05. The number of amides is 2. The standard InChI is InChI=1S/2C8H6FNO/c2*9-6-2-1-5-3-8(11)10-7(5)4-6/h2*1-2,4H,3H2,(H,10,11). The Balaban J connectivity index is 0.000000131. The summed E-state index contributed by atoms with van der Waals surface area (Å²) in [6.07, 6.45) is 0.741. The monoisotopic (exact) mass is 302 g/mol. The van der Waals surface area contributed by atoms with Gasteiger partial charge in [0, 0.05) is 11.4 Å². The number of hydrogen-bond acceptors (Lipinski definition) is 2. The third-order valence-electron chi connectivity index (χ3n) is 3.39. The molecule has 0 aromatic heterocycles. The first kappa shape index (κ1) is 14.2. The molecule has 6 heteroatoms. The Morgan fingerprint density at radius 3 is 1.55 bits per heavy atom. The molecule has 112 valence electrons. The lowest BCUT2D eigenvalue weighted by atomic mass is 10.2. The highest BCUT2D eigenvalue weighted by Crippen LogP contribution is 2.23. The normalized spacial score (nSPS) is 14.5. The quantitative estimate of drug-likeness (QED) is 0.786. The van der Waals surface area contributed by atoms with Crippen molar-refractivity contribution in [1.82, 2.24) is 0 Å². The first-order valence-corrected chi connectivity index (χ1v) is 6.68. The number of halogens is 2. The van der Waals surface area contributed by atoms with Gasteiger partial charge >= 0.3 is 0 Å². The first-order chi connectivity index (χ1) is 10.5. The molecule has 0 saturated carbocycles. The van der Waals surface area contributed by atoms with Gasteiger partial charge in [0.1, 0.15) is 11.6 Å². The summed E-state index contributed by atoms with van der Waals surface area (Å²) < 4.78 is 25.1. The topological polar surface area (TPSA) is 58.2 Å². The minimum absolute atomic E-state index is 0.0643. The van der Waals surface area contributed by atoms with Gasteiger partial charge in [-0.2, -0.15) is 0 Å². The van der Waals surface area contributed by atoms with Crippen LogP contribution in [0.5, 0.6) is 0 Å². The predicted octanol–water partition coefficient (Wildman–Crippen LogP) is 2.64. The molecule has 2 aromatic carbocycles. The van der Waals surface area contributed by atoms with E-state index in [-0.39, 0.29) is 23.4 Å². The van der Waals surface area contributed by atoms with Gasteiger partial charge in [-0.05, 0) is 35.4 Å². The van der Waals surface area contributed by atoms with E-state index < -0.39 is 0 Å². The fraction of sp³-hybridized carbons (Fsp3) is 0.125. The lowest BCUT2D eigenvalue weighted by Crippen LogP contribution is -2.03. The van der Waals surface area contributed by atoms with Crippen molar-refractivity contribution in [2.45, 2.75) is 12.8 Å². The van der Waals surface area contributed by atoms with Crippen LogP contribution in [0.15, 0.2) is 36.4 Å². The number of rotatable bonds is 0. The van der Waals surface area contributed by atoms with E-state index >= 15 is 0 Å². The van der Waals surface area contributed by atoms with Gasteiger partial charge in [-0.3, -0.25) is 9.59 Å². The minimum Gasteiger partial charge on any atom is -0.325 e. The molecule has 2 aliphatic rings. The van der Waals surface area contributed by atoms with Gasteiger partial charge in [0.25, 0.3) is 0 Å². The molecule has 0 saturated heterocycles. The zero-order chi connectivity index (χ0) is 15.7. The highest BCUT2D eigenvalue weighted by Gasteiger charge is 2.17. The fourth-order valence-electron chi connectivity index (χ4n) is 2.37. The van der Waals surface area contributed by atoms with E-state index in [2.05, 4.69) is 10.6 Å². The lowest BCUT2D eigenvalue weighted by Gasteiger charge is -1.95. The Morgan fingerprint density at radius 1 is 0.727 bits per heavy atom. The van der Waals surface area contributed by atoms with E-state index in [1.54, 1.807) is 12.1 Å². The van der Waals surface area contributed by atoms with Crippen LogP contribution < -0.4 is 10.6 Å². The molecule has 4 rings (SSSR count). The van der Waals surface area contributed by atoms with Crippen molar-refractivity contribution in [3.8, 4) is 0 Å². The number of benzene rings is 2. The molecule has 2 N–H and O–H groups in total. The number of carbonyl (C=O) groups excluding carboxylic acids is 2. The SMILES string of the molecule is O=C1Cc2ccc(F)cc2N1.O=C1Cc2ccc(F)cc2N1. The predicted molar refractivity (Wildman–Crippen MR) is 77.5 cm³/mol. The molecule has 0 fully saturated rings. The summed E-state index contributed by atoms with van der Waals surface area (Å²) in [6, 6.07) is 8.64. The molecule has 0 radical (unpaired) electrons. The fourth-order valence-corrected chi connectivity index (χ4v) is 2.37. The molecule has 2 amide bonds. The maximum atomic E-state index is 12.5. The van der Waals surface area contributed by atoms with Crippen molar-refractivity contribution < 1.29 is 18.4 Å². The molecular formula is C16H12F2N2O2. The van der Waals surface area contributed by atoms with Crippen molar-refractivity contribution in [3.63, 3.8) is 0 Å². The number of nitrogens with one attached hydrogen (secondary N) is 2. The summed E-state index contributed by atoms with van der Waals surface area (Å²) in [5, 5.41) is 5.12. The summed E-state index contributed by atoms with van der Waals surface area (Å²) in [6.45, 7) is 0. The van der Waals surface area contributed by atoms with Gasteiger partial charge in [-0.25, -0.2) is 8.78 Å². The Labute approximate surface area is 125 Å². The van der Waals surface area contributed by atoms with Crippen molar-refractivity contribution in [3.05, 3.63) is 59.2 Å². The van der Waals surface area contributed by atoms with Crippen LogP contribution in [0.2, 0.25) is 0 Å². The van der Waals surface area contributed by atoms with Crippen LogP contribution in [0.1, 0.15) is 11.1 Å². The Morgan fingerprint density at radius 2 is 1.14 bits per heavy atom. The van der Waals surface area contributed by atoms with E-state index in [1.807, 2.05) is 0 Å². The Hall–Kier alpha value is -2.76. The Kier molecular flexibility index (Phi) is 3.58. The number of fused-ring (bicyclic) bond motifs is 2. The van der Waals surface area contributed by atoms with Crippen molar-refractivity contribution in [2.24, 2.45) is 0 Å². The van der Waals surface area contributed by atoms with Crippen molar-refractivity contribution >= 4 is 23.2 Å². The third-order valence-corrected chi connectivity index (χ3v) is 3.39. The van der Waals surface area contributed by atoms with Crippen molar-refractivity contribution in [2.75, 3.05) is 10.6 Å². The Bertz CT molecular complexity index is 709. The molecule has 4 nitrogen and oxygen atoms in total. The van der Waals surface area contributed by atoms with Gasteiger partial charge in [-0.1, -0.05) is 12.1 Å². The van der Waals surface area contributed by atoms with Gasteiger partial charge in [0.2, 0.25) is 11.8 Å². The maximum Gasteiger partial charge on any atom is 0.228 e. The smallest absolute Gasteiger partial charge is 0.228 e. The lowest BCUT2D eigenvalue weighted by molar-refractivity contribution is -0.115. The minimum atomic E-state index is -0.314. The molecular weight excluding hydrogens is 290 g/mol. The van der Waals surface area contributed by atoms with Gasteiger partial charge in [0.15, 0.2) is 0 Å². The van der Waals surface area contributed by atoms with Gasteiger partial charge in [0.05, 0.1) is 12.8 Å². The maximum absolute atomic E-state index is 12.5. The second-order valence-corrected chi connectivity index (χ2v) is 5.05. The molecule has 0 bridgehead atoms. The van der Waals surface area contributed by atoms with Crippen LogP contribution in [0.4, 0.5) is 20.2 Å². The van der Waals surface area contributed by atoms with E-state index in [0.717, 1.165) is 11.1 Å². The van der Waals surface area contributed by atoms with E-state index in [9.17, 15) is 18.4 Å². The molecule has 0 atom stereocenters. The van der Waals surface area contributed by atoms with Crippen LogP contribution in [0.3, 0.4) is 0 Å². The highest BCUT2D eigenvalue weighted by molar-refractivity contribution is 5.99. The number of carbonyl (C=O) groups is 2. The summed E-state index contributed by atoms with van der Waals surface area (Å²) >= 11 is 0. The molecule has 22 heavy (non-hydrogen) atoms. The van der Waals surface area contributed by atoms with Gasteiger partial charge in [-0.15, -0.1) is 0 Å². The zero-order valence-electron chi connectivity index (χ0n) is 11.5. The molecule has 2 aromatic rings. The van der Waals surface area contributed by atoms with Crippen LogP contribution in [0.25, 0.3) is 0 Å². The summed E-state index contributed by atoms with van der Waals surface area (Å²) in [4.78, 5) is 21.6. The number of anilines is 2. The average molecular weight is 302 g/mol. The largest absolute Gasteiger partial charge is 0.325 e. The van der Waals surface area contributed by atoms with Crippen LogP contribution in [-0.2, 0) is 22.4 Å². The van der Waals surface area contributed by atoms with Crippen LogP contribution in [0, 0.1) is 11.6 Å². The first-order valence-electron chi connectivity index (χ1n) is 6.68. The molecule has 2 aliphatic heterocycles. The van der Waals surface area contributed by atoms with Gasteiger partial charge < -0.3 is 10.6 Å². The highest BCUT2D eigenvalue weighted by atomic mass is 19.1. The molecule has 0 unspecified atom stereocenters. The molecule has 2 heterocycles. The second kappa shape index (κ2) is 5.55. The number of hydrogen-bond donors (Lipinski definition) is 2. The zero-order valence-corrected chi connectivity index (χ0v) is 11.5. The van der Waals surface area contributed by atoms with E-state index in [1.165, 1.54) is 24.3 Å². The summed E-state index contributed by atoms with van der Waals surface area (Å²) in [5.41, 5.74) is 2.96. The molecule has 0 aliphatic carbocycles. The average Bonchev–Trinajstić information content (AvgIpc) is 2.99. The van der Waals surface area contributed by atoms with Crippen molar-refractivity contribution in [1.29, 1.82) is 0 Å². The summed E-state index contributed by atoms with van der Waals surface area (Å²) in [7, 11) is 0. The van der Waals surface area contributed by atoms with E-state index in [0.29, 0.717) is 24.2 Å². The van der Waals surface area contributed by atoms with E-state index in [4.69, 9.17) is 0 Å². The summed E-state index contributed by atoms with van der Waals surface area (Å²) in [5.74, 6) is -0.756. The molecule has 0 spiro atoms.